The van der Waals surface area contributed by atoms with Crippen LogP contribution in [-0.2, 0) is 0 Å². The summed E-state index contributed by atoms with van der Waals surface area (Å²) in [5.41, 5.74) is 8.91. The summed E-state index contributed by atoms with van der Waals surface area (Å²) >= 11 is 1.27. The molecule has 3 N–H and O–H groups in total. The predicted octanol–water partition coefficient (Wildman–Crippen LogP) is 2.78. The highest BCUT2D eigenvalue weighted by Gasteiger charge is 2.18. The molecule has 3 aromatic rings. The van der Waals surface area contributed by atoms with Gasteiger partial charge in [0.05, 0.1) is 17.1 Å². The number of nitrogens with two attached hydrogens (primary N) is 1. The van der Waals surface area contributed by atoms with Crippen LogP contribution in [0.15, 0.2) is 24.3 Å². The largest absolute Gasteiger partial charge is 0.374 e. The maximum Gasteiger partial charge on any atom is 0.252 e. The zero-order chi connectivity index (χ0) is 16.6. The van der Waals surface area contributed by atoms with Crippen LogP contribution in [-0.4, -0.2) is 21.1 Å². The van der Waals surface area contributed by atoms with Gasteiger partial charge in [0.25, 0.3) is 5.91 Å². The lowest BCUT2D eigenvalue weighted by Crippen LogP contribution is -2.27. The molecule has 7 heteroatoms. The van der Waals surface area contributed by atoms with Crippen molar-refractivity contribution in [3.05, 3.63) is 46.1 Å². The fourth-order valence-corrected chi connectivity index (χ4v) is 3.08. The molecule has 1 unspecified atom stereocenters. The van der Waals surface area contributed by atoms with Crippen molar-refractivity contribution in [3.63, 3.8) is 0 Å². The Morgan fingerprint density at radius 2 is 2.09 bits per heavy atom. The quantitative estimate of drug-likeness (QED) is 0.771. The number of pyridine rings is 1. The third-order valence-corrected chi connectivity index (χ3v) is 4.52. The van der Waals surface area contributed by atoms with E-state index in [1.807, 2.05) is 39.0 Å². The molecule has 3 rings (SSSR count). The Hall–Kier alpha value is -2.54. The summed E-state index contributed by atoms with van der Waals surface area (Å²) in [4.78, 5) is 17.2. The first-order valence-corrected chi connectivity index (χ1v) is 8.04. The summed E-state index contributed by atoms with van der Waals surface area (Å²) in [5, 5.41) is 12.6. The molecule has 118 valence electrons. The number of rotatable bonds is 3. The van der Waals surface area contributed by atoms with E-state index >= 15 is 0 Å². The number of benzene rings is 1. The summed E-state index contributed by atoms with van der Waals surface area (Å²) in [6.07, 6.45) is 0. The molecule has 2 aromatic heterocycles. The Bertz CT molecular complexity index is 889. The zero-order valence-corrected chi connectivity index (χ0v) is 13.9. The van der Waals surface area contributed by atoms with Crippen molar-refractivity contribution >= 4 is 33.3 Å². The average Bonchev–Trinajstić information content (AvgIpc) is 2.94. The van der Waals surface area contributed by atoms with Gasteiger partial charge in [0.15, 0.2) is 0 Å². The van der Waals surface area contributed by atoms with Crippen LogP contribution in [0.5, 0.6) is 0 Å². The van der Waals surface area contributed by atoms with Crippen molar-refractivity contribution < 1.29 is 4.79 Å². The molecule has 1 aromatic carbocycles. The maximum atomic E-state index is 12.7. The van der Waals surface area contributed by atoms with E-state index in [0.29, 0.717) is 15.7 Å². The van der Waals surface area contributed by atoms with Crippen LogP contribution >= 0.6 is 11.3 Å². The number of anilines is 1. The van der Waals surface area contributed by atoms with Gasteiger partial charge in [-0.3, -0.25) is 9.78 Å². The number of carbonyl (C=O) groups is 1. The molecule has 1 amide bonds. The summed E-state index contributed by atoms with van der Waals surface area (Å²) in [6.45, 7) is 5.74. The van der Waals surface area contributed by atoms with Gasteiger partial charge in [0, 0.05) is 11.1 Å². The number of fused-ring (bicyclic) bond motifs is 1. The Kier molecular flexibility index (Phi) is 3.96. The van der Waals surface area contributed by atoms with E-state index in [1.54, 1.807) is 6.07 Å². The highest BCUT2D eigenvalue weighted by atomic mass is 32.1. The van der Waals surface area contributed by atoms with E-state index in [1.165, 1.54) is 11.3 Å². The first-order chi connectivity index (χ1) is 11.0. The summed E-state index contributed by atoms with van der Waals surface area (Å²) in [5.74, 6) is -0.160. The molecule has 0 bridgehead atoms. The van der Waals surface area contributed by atoms with Gasteiger partial charge in [0.1, 0.15) is 5.01 Å². The molecule has 0 aliphatic rings. The van der Waals surface area contributed by atoms with Gasteiger partial charge in [-0.15, -0.1) is 10.2 Å². The lowest BCUT2D eigenvalue weighted by molar-refractivity contribution is 0.0941. The number of nitrogens with one attached hydrogen (secondary N) is 1. The van der Waals surface area contributed by atoms with Crippen LogP contribution in [0.1, 0.15) is 39.6 Å². The molecular weight excluding hydrogens is 310 g/mol. The van der Waals surface area contributed by atoms with Crippen molar-refractivity contribution in [2.45, 2.75) is 26.8 Å². The smallest absolute Gasteiger partial charge is 0.252 e. The molecular formula is C16H17N5OS. The van der Waals surface area contributed by atoms with Crippen LogP contribution in [0.25, 0.3) is 10.9 Å². The molecule has 0 aliphatic heterocycles. The van der Waals surface area contributed by atoms with Gasteiger partial charge < -0.3 is 11.1 Å². The van der Waals surface area contributed by atoms with Crippen LogP contribution < -0.4 is 11.1 Å². The van der Waals surface area contributed by atoms with Crippen molar-refractivity contribution in [1.82, 2.24) is 20.5 Å². The third kappa shape index (κ3) is 3.00. The van der Waals surface area contributed by atoms with Crippen LogP contribution in [0.4, 0.5) is 5.13 Å². The predicted molar refractivity (Wildman–Crippen MR) is 91.4 cm³/mol. The van der Waals surface area contributed by atoms with Crippen LogP contribution in [0, 0.1) is 13.8 Å². The molecule has 0 aliphatic carbocycles. The maximum absolute atomic E-state index is 12.7. The monoisotopic (exact) mass is 327 g/mol. The fraction of sp³-hybridized carbons (Fsp3) is 0.250. The summed E-state index contributed by atoms with van der Waals surface area (Å²) in [6, 6.07) is 7.38. The lowest BCUT2D eigenvalue weighted by Gasteiger charge is -2.13. The number of carbonyl (C=O) groups excluding carboxylic acids is 1. The second-order valence-corrected chi connectivity index (χ2v) is 6.50. The van der Waals surface area contributed by atoms with Gasteiger partial charge in [-0.05, 0) is 32.4 Å². The van der Waals surface area contributed by atoms with E-state index < -0.39 is 0 Å². The van der Waals surface area contributed by atoms with Gasteiger partial charge >= 0.3 is 0 Å². The van der Waals surface area contributed by atoms with Gasteiger partial charge in [-0.2, -0.15) is 0 Å². The lowest BCUT2D eigenvalue weighted by atomic mass is 10.0. The van der Waals surface area contributed by atoms with Crippen LogP contribution in [0.3, 0.4) is 0 Å². The minimum absolute atomic E-state index is 0.160. The number of nitrogen functional groups attached to an aromatic ring is 1. The van der Waals surface area contributed by atoms with Crippen molar-refractivity contribution in [3.8, 4) is 0 Å². The highest BCUT2D eigenvalue weighted by Crippen LogP contribution is 2.23. The number of hydrogen-bond donors (Lipinski definition) is 2. The molecule has 0 spiro atoms. The number of amides is 1. The molecule has 0 saturated carbocycles. The van der Waals surface area contributed by atoms with Gasteiger partial charge in [-0.25, -0.2) is 0 Å². The summed E-state index contributed by atoms with van der Waals surface area (Å²) in [7, 11) is 0. The van der Waals surface area contributed by atoms with E-state index in [2.05, 4.69) is 20.5 Å². The minimum atomic E-state index is -0.259. The molecule has 0 radical (unpaired) electrons. The van der Waals surface area contributed by atoms with E-state index in [-0.39, 0.29) is 11.9 Å². The Labute approximate surface area is 137 Å². The first-order valence-electron chi connectivity index (χ1n) is 7.22. The van der Waals surface area contributed by atoms with Gasteiger partial charge in [-0.1, -0.05) is 29.5 Å². The van der Waals surface area contributed by atoms with Crippen LogP contribution in [0.2, 0.25) is 0 Å². The number of aromatic nitrogens is 3. The standard InChI is InChI=1S/C16H17N5OS/c1-8-5-4-6-11-12(7-9(2)18-13(8)11)14(22)19-10(3)15-20-21-16(17)23-15/h4-7,10H,1-3H3,(H2,17,21)(H,19,22). The van der Waals surface area contributed by atoms with Crippen molar-refractivity contribution in [2.24, 2.45) is 0 Å². The molecule has 2 heterocycles. The van der Waals surface area contributed by atoms with Crippen molar-refractivity contribution in [2.75, 3.05) is 5.73 Å². The molecule has 6 nitrogen and oxygen atoms in total. The Morgan fingerprint density at radius 1 is 1.30 bits per heavy atom. The highest BCUT2D eigenvalue weighted by molar-refractivity contribution is 7.15. The number of nitrogens with zero attached hydrogens (tertiary/aromatic N) is 3. The summed E-state index contributed by atoms with van der Waals surface area (Å²) < 4.78 is 0. The number of hydrogen-bond acceptors (Lipinski definition) is 6. The van der Waals surface area contributed by atoms with E-state index in [4.69, 9.17) is 5.73 Å². The Balaban J connectivity index is 1.96. The molecule has 23 heavy (non-hydrogen) atoms. The van der Waals surface area contributed by atoms with Gasteiger partial charge in [0.2, 0.25) is 5.13 Å². The van der Waals surface area contributed by atoms with E-state index in [0.717, 1.165) is 22.2 Å². The first kappa shape index (κ1) is 15.4. The second-order valence-electron chi connectivity index (χ2n) is 5.46. The molecule has 0 saturated heterocycles. The normalized spacial score (nSPS) is 12.3. The molecule has 1 atom stereocenters. The number of aryl methyl sites for hydroxylation is 2. The number of para-hydroxylation sites is 1. The Morgan fingerprint density at radius 3 is 2.78 bits per heavy atom. The molecule has 0 fully saturated rings. The third-order valence-electron chi connectivity index (χ3n) is 3.59. The topological polar surface area (TPSA) is 93.8 Å². The second kappa shape index (κ2) is 5.92. The SMILES string of the molecule is Cc1cc(C(=O)NC(C)c2nnc(N)s2)c2cccc(C)c2n1. The fourth-order valence-electron chi connectivity index (χ4n) is 2.47. The van der Waals surface area contributed by atoms with Crippen molar-refractivity contribution in [1.29, 1.82) is 0 Å². The zero-order valence-electron chi connectivity index (χ0n) is 13.1. The van der Waals surface area contributed by atoms with E-state index in [9.17, 15) is 4.79 Å². The minimum Gasteiger partial charge on any atom is -0.374 e. The average molecular weight is 327 g/mol.